The first-order valence-electron chi connectivity index (χ1n) is 6.00. The van der Waals surface area contributed by atoms with Crippen LogP contribution in [0.5, 0.6) is 5.75 Å². The number of nitrogens with two attached hydrogens (primary N) is 1. The maximum absolute atomic E-state index is 8.55. The molecule has 0 amide bonds. The van der Waals surface area contributed by atoms with E-state index in [4.69, 9.17) is 15.7 Å². The molecule has 98 valence electrons. The molecule has 0 radical (unpaired) electrons. The Labute approximate surface area is 112 Å². The number of amidine groups is 1. The van der Waals surface area contributed by atoms with Crippen LogP contribution in [0.3, 0.4) is 0 Å². The van der Waals surface area contributed by atoms with Crippen LogP contribution in [0.4, 0.5) is 0 Å². The van der Waals surface area contributed by atoms with E-state index in [0.717, 1.165) is 16.9 Å². The summed E-state index contributed by atoms with van der Waals surface area (Å²) < 4.78 is 5.70. The molecule has 19 heavy (non-hydrogen) atoms. The second-order valence-corrected chi connectivity index (χ2v) is 4.19. The maximum atomic E-state index is 8.55. The Morgan fingerprint density at radius 3 is 2.53 bits per heavy atom. The van der Waals surface area contributed by atoms with Crippen molar-refractivity contribution in [2.45, 2.75) is 13.0 Å². The predicted octanol–water partition coefficient (Wildman–Crippen LogP) is 2.55. The van der Waals surface area contributed by atoms with Crippen molar-refractivity contribution >= 4 is 5.84 Å². The Morgan fingerprint density at radius 1 is 1.05 bits per heavy atom. The van der Waals surface area contributed by atoms with Gasteiger partial charge in [0.15, 0.2) is 0 Å². The average Bonchev–Trinajstić information content (AvgIpc) is 2.46. The average molecular weight is 256 g/mol. The summed E-state index contributed by atoms with van der Waals surface area (Å²) in [4.78, 5) is 0. The van der Waals surface area contributed by atoms with Gasteiger partial charge < -0.3 is 15.7 Å². The lowest BCUT2D eigenvalue weighted by molar-refractivity contribution is 0.306. The number of ether oxygens (including phenoxy) is 1. The van der Waals surface area contributed by atoms with Crippen molar-refractivity contribution in [1.29, 1.82) is 0 Å². The van der Waals surface area contributed by atoms with Crippen LogP contribution in [0.1, 0.15) is 11.1 Å². The SMILES string of the molecule is N/C(Cc1cccc(OCc2ccccc2)c1)=N\O. The molecular weight excluding hydrogens is 240 g/mol. The van der Waals surface area contributed by atoms with Gasteiger partial charge >= 0.3 is 0 Å². The minimum atomic E-state index is 0.181. The van der Waals surface area contributed by atoms with Crippen LogP contribution in [-0.2, 0) is 13.0 Å². The van der Waals surface area contributed by atoms with Gasteiger partial charge in [-0.25, -0.2) is 0 Å². The fraction of sp³-hybridized carbons (Fsp3) is 0.133. The van der Waals surface area contributed by atoms with E-state index in [9.17, 15) is 0 Å². The van der Waals surface area contributed by atoms with Gasteiger partial charge in [-0.15, -0.1) is 0 Å². The predicted molar refractivity (Wildman–Crippen MR) is 74.3 cm³/mol. The van der Waals surface area contributed by atoms with E-state index in [2.05, 4.69) is 5.16 Å². The molecule has 2 aromatic rings. The summed E-state index contributed by atoms with van der Waals surface area (Å²) in [5.41, 5.74) is 7.54. The molecule has 0 heterocycles. The van der Waals surface area contributed by atoms with Gasteiger partial charge in [-0.3, -0.25) is 0 Å². The van der Waals surface area contributed by atoms with Gasteiger partial charge in [0.25, 0.3) is 0 Å². The van der Waals surface area contributed by atoms with E-state index in [1.807, 2.05) is 54.6 Å². The normalized spacial score (nSPS) is 11.3. The maximum Gasteiger partial charge on any atom is 0.143 e. The van der Waals surface area contributed by atoms with E-state index >= 15 is 0 Å². The fourth-order valence-electron chi connectivity index (χ4n) is 1.73. The van der Waals surface area contributed by atoms with Crippen LogP contribution >= 0.6 is 0 Å². The van der Waals surface area contributed by atoms with Crippen LogP contribution in [0.15, 0.2) is 59.8 Å². The Bertz CT molecular complexity index is 553. The first-order chi connectivity index (χ1) is 9.28. The highest BCUT2D eigenvalue weighted by molar-refractivity contribution is 5.82. The Kier molecular flexibility index (Phi) is 4.39. The van der Waals surface area contributed by atoms with E-state index in [1.165, 1.54) is 0 Å². The van der Waals surface area contributed by atoms with Crippen LogP contribution in [0, 0.1) is 0 Å². The topological polar surface area (TPSA) is 67.8 Å². The highest BCUT2D eigenvalue weighted by atomic mass is 16.5. The zero-order chi connectivity index (χ0) is 13.5. The first kappa shape index (κ1) is 13.0. The van der Waals surface area contributed by atoms with Gasteiger partial charge in [-0.05, 0) is 23.3 Å². The van der Waals surface area contributed by atoms with Gasteiger partial charge in [0, 0.05) is 6.42 Å². The fourth-order valence-corrected chi connectivity index (χ4v) is 1.73. The quantitative estimate of drug-likeness (QED) is 0.374. The largest absolute Gasteiger partial charge is 0.489 e. The molecule has 2 rings (SSSR count). The zero-order valence-corrected chi connectivity index (χ0v) is 10.5. The van der Waals surface area contributed by atoms with Crippen molar-refractivity contribution in [2.24, 2.45) is 10.9 Å². The van der Waals surface area contributed by atoms with Gasteiger partial charge in [0.2, 0.25) is 0 Å². The minimum Gasteiger partial charge on any atom is -0.489 e. The van der Waals surface area contributed by atoms with Gasteiger partial charge in [0.1, 0.15) is 18.2 Å². The van der Waals surface area contributed by atoms with Gasteiger partial charge in [0.05, 0.1) is 0 Å². The first-order valence-corrected chi connectivity index (χ1v) is 6.00. The molecule has 0 unspecified atom stereocenters. The Morgan fingerprint density at radius 2 is 1.79 bits per heavy atom. The van der Waals surface area contributed by atoms with Crippen LogP contribution in [-0.4, -0.2) is 11.0 Å². The van der Waals surface area contributed by atoms with Crippen LogP contribution in [0.2, 0.25) is 0 Å². The molecule has 0 aliphatic rings. The minimum absolute atomic E-state index is 0.181. The van der Waals surface area contributed by atoms with Crippen molar-refractivity contribution in [3.63, 3.8) is 0 Å². The molecule has 0 aromatic heterocycles. The Hall–Kier alpha value is -2.49. The van der Waals surface area contributed by atoms with Crippen molar-refractivity contribution in [2.75, 3.05) is 0 Å². The lowest BCUT2D eigenvalue weighted by Crippen LogP contribution is -2.14. The van der Waals surface area contributed by atoms with E-state index < -0.39 is 0 Å². The van der Waals surface area contributed by atoms with Crippen molar-refractivity contribution in [1.82, 2.24) is 0 Å². The smallest absolute Gasteiger partial charge is 0.143 e. The summed E-state index contributed by atoms with van der Waals surface area (Å²) in [6, 6.07) is 17.5. The van der Waals surface area contributed by atoms with E-state index in [0.29, 0.717) is 13.0 Å². The summed E-state index contributed by atoms with van der Waals surface area (Å²) in [5.74, 6) is 0.951. The molecule has 0 saturated carbocycles. The monoisotopic (exact) mass is 256 g/mol. The number of nitrogens with zero attached hydrogens (tertiary/aromatic N) is 1. The zero-order valence-electron chi connectivity index (χ0n) is 10.5. The number of rotatable bonds is 5. The molecule has 0 aliphatic heterocycles. The molecule has 4 nitrogen and oxygen atoms in total. The van der Waals surface area contributed by atoms with Gasteiger partial charge in [-0.1, -0.05) is 47.6 Å². The molecule has 0 spiro atoms. The number of oxime groups is 1. The molecule has 0 aliphatic carbocycles. The number of hydrogen-bond donors (Lipinski definition) is 2. The van der Waals surface area contributed by atoms with E-state index in [-0.39, 0.29) is 5.84 Å². The van der Waals surface area contributed by atoms with Crippen molar-refractivity contribution < 1.29 is 9.94 Å². The molecule has 0 saturated heterocycles. The molecule has 2 aromatic carbocycles. The highest BCUT2D eigenvalue weighted by Gasteiger charge is 2.00. The molecule has 4 heteroatoms. The van der Waals surface area contributed by atoms with Crippen LogP contribution in [0.25, 0.3) is 0 Å². The second-order valence-electron chi connectivity index (χ2n) is 4.19. The lowest BCUT2D eigenvalue weighted by Gasteiger charge is -2.08. The summed E-state index contributed by atoms with van der Waals surface area (Å²) in [7, 11) is 0. The van der Waals surface area contributed by atoms with E-state index in [1.54, 1.807) is 0 Å². The summed E-state index contributed by atoms with van der Waals surface area (Å²) in [6.45, 7) is 0.522. The molecule has 0 fully saturated rings. The molecule has 0 bridgehead atoms. The summed E-state index contributed by atoms with van der Waals surface area (Å²) in [5, 5.41) is 11.5. The molecular formula is C15H16N2O2. The summed E-state index contributed by atoms with van der Waals surface area (Å²) in [6.07, 6.45) is 0.402. The number of benzene rings is 2. The highest BCUT2D eigenvalue weighted by Crippen LogP contribution is 2.15. The second kappa shape index (κ2) is 6.44. The van der Waals surface area contributed by atoms with Gasteiger partial charge in [-0.2, -0.15) is 0 Å². The third-order valence-electron chi connectivity index (χ3n) is 2.66. The standard InChI is InChI=1S/C15H16N2O2/c16-15(17-18)10-13-7-4-8-14(9-13)19-11-12-5-2-1-3-6-12/h1-9,18H,10-11H2,(H2,16,17). The number of hydrogen-bond acceptors (Lipinski definition) is 3. The Balaban J connectivity index is 1.99. The van der Waals surface area contributed by atoms with Crippen molar-refractivity contribution in [3.8, 4) is 5.75 Å². The lowest BCUT2D eigenvalue weighted by atomic mass is 10.1. The van der Waals surface area contributed by atoms with Crippen LogP contribution < -0.4 is 10.5 Å². The third-order valence-corrected chi connectivity index (χ3v) is 2.66. The third kappa shape index (κ3) is 4.03. The molecule has 0 atom stereocenters. The summed E-state index contributed by atoms with van der Waals surface area (Å²) >= 11 is 0. The van der Waals surface area contributed by atoms with Crippen molar-refractivity contribution in [3.05, 3.63) is 65.7 Å². The molecule has 3 N–H and O–H groups in total.